The third kappa shape index (κ3) is 5.18. The molecule has 2 aromatic heterocycles. The molecule has 0 unspecified atom stereocenters. The molecule has 0 amide bonds. The molecule has 1 saturated heterocycles. The molecular formula is C20H21Cl2N3O4. The summed E-state index contributed by atoms with van der Waals surface area (Å²) in [4.78, 5) is 16.7. The van der Waals surface area contributed by atoms with Crippen LogP contribution >= 0.6 is 23.2 Å². The monoisotopic (exact) mass is 437 g/mol. The summed E-state index contributed by atoms with van der Waals surface area (Å²) in [5, 5.41) is 13.7. The molecule has 1 fully saturated rings. The van der Waals surface area contributed by atoms with Crippen molar-refractivity contribution < 1.29 is 19.2 Å². The summed E-state index contributed by atoms with van der Waals surface area (Å²) in [5.74, 6) is 0.104. The highest BCUT2D eigenvalue weighted by atomic mass is 35.5. The number of nitrogens with zero attached hydrogens (tertiary/aromatic N) is 3. The normalized spacial score (nSPS) is 13.4. The summed E-state index contributed by atoms with van der Waals surface area (Å²) in [6, 6.07) is 5.80. The van der Waals surface area contributed by atoms with E-state index in [0.29, 0.717) is 16.7 Å². The zero-order valence-electron chi connectivity index (χ0n) is 15.9. The van der Waals surface area contributed by atoms with E-state index in [2.05, 4.69) is 20.9 Å². The molecular weight excluding hydrogens is 417 g/mol. The predicted molar refractivity (Wildman–Crippen MR) is 113 cm³/mol. The van der Waals surface area contributed by atoms with E-state index >= 15 is 0 Å². The molecule has 3 aromatic rings. The number of aromatic nitrogens is 2. The first-order valence-corrected chi connectivity index (χ1v) is 9.91. The number of rotatable bonds is 5. The number of halogens is 2. The number of anilines is 1. The summed E-state index contributed by atoms with van der Waals surface area (Å²) in [6.07, 6.45) is 5.80. The second-order valence-electron chi connectivity index (χ2n) is 6.53. The van der Waals surface area contributed by atoms with Crippen LogP contribution in [0.2, 0.25) is 10.0 Å². The van der Waals surface area contributed by atoms with Gasteiger partial charge < -0.3 is 19.3 Å². The Balaban J connectivity index is 0.000000298. The number of carboxylic acids is 1. The van der Waals surface area contributed by atoms with Crippen LogP contribution < -0.4 is 4.90 Å². The zero-order valence-corrected chi connectivity index (χ0v) is 17.4. The smallest absolute Gasteiger partial charge is 0.305 e. The number of benzene rings is 1. The van der Waals surface area contributed by atoms with Gasteiger partial charge in [-0.1, -0.05) is 34.4 Å². The molecule has 1 aromatic carbocycles. The lowest BCUT2D eigenvalue weighted by Crippen LogP contribution is -2.19. The van der Waals surface area contributed by atoms with Gasteiger partial charge in [-0.05, 0) is 30.5 Å². The second-order valence-corrected chi connectivity index (χ2v) is 7.31. The van der Waals surface area contributed by atoms with Gasteiger partial charge in [-0.25, -0.2) is 4.98 Å². The quantitative estimate of drug-likeness (QED) is 0.606. The first-order chi connectivity index (χ1) is 14.0. The summed E-state index contributed by atoms with van der Waals surface area (Å²) in [6.45, 7) is 2.33. The van der Waals surface area contributed by atoms with Crippen molar-refractivity contribution >= 4 is 45.9 Å². The first kappa shape index (κ1) is 21.4. The van der Waals surface area contributed by atoms with Gasteiger partial charge in [-0.3, -0.25) is 4.79 Å². The Morgan fingerprint density at radius 2 is 2.07 bits per heavy atom. The number of aliphatic carboxylic acids is 1. The van der Waals surface area contributed by atoms with E-state index in [9.17, 15) is 4.79 Å². The van der Waals surface area contributed by atoms with E-state index in [1.165, 1.54) is 20.0 Å². The van der Waals surface area contributed by atoms with Crippen molar-refractivity contribution in [2.24, 2.45) is 0 Å². The Morgan fingerprint density at radius 1 is 1.31 bits per heavy atom. The van der Waals surface area contributed by atoms with Gasteiger partial charge in [0, 0.05) is 31.1 Å². The Bertz CT molecular complexity index is 974. The van der Waals surface area contributed by atoms with E-state index in [1.54, 1.807) is 18.5 Å². The highest BCUT2D eigenvalue weighted by Gasteiger charge is 2.19. The maximum absolute atomic E-state index is 9.68. The topological polar surface area (TPSA) is 88.7 Å². The van der Waals surface area contributed by atoms with Crippen LogP contribution in [0.3, 0.4) is 0 Å². The van der Waals surface area contributed by atoms with Crippen LogP contribution in [0.15, 0.2) is 35.2 Å². The van der Waals surface area contributed by atoms with Crippen molar-refractivity contribution in [1.29, 1.82) is 0 Å². The molecule has 0 aliphatic carbocycles. The van der Waals surface area contributed by atoms with Crippen molar-refractivity contribution in [1.82, 2.24) is 10.1 Å². The Labute approximate surface area is 178 Å². The van der Waals surface area contributed by atoms with E-state index in [4.69, 9.17) is 37.8 Å². The molecule has 3 heterocycles. The molecule has 0 saturated carbocycles. The number of fused-ring (bicyclic) bond motifs is 1. The number of hydrogen-bond donors (Lipinski definition) is 1. The van der Waals surface area contributed by atoms with Crippen LogP contribution in [0.5, 0.6) is 0 Å². The maximum Gasteiger partial charge on any atom is 0.305 e. The number of ether oxygens (including phenoxy) is 1. The third-order valence-electron chi connectivity index (χ3n) is 4.55. The van der Waals surface area contributed by atoms with Gasteiger partial charge >= 0.3 is 5.97 Å². The van der Waals surface area contributed by atoms with Crippen LogP contribution in [-0.4, -0.2) is 48.0 Å². The van der Waals surface area contributed by atoms with Gasteiger partial charge in [-0.15, -0.1) is 0 Å². The van der Waals surface area contributed by atoms with Crippen molar-refractivity contribution in [2.75, 3.05) is 31.7 Å². The molecule has 0 bridgehead atoms. The fourth-order valence-corrected chi connectivity index (χ4v) is 3.45. The lowest BCUT2D eigenvalue weighted by atomic mass is 10.0. The van der Waals surface area contributed by atoms with Gasteiger partial charge in [0.05, 0.1) is 34.8 Å². The summed E-state index contributed by atoms with van der Waals surface area (Å²) in [5.41, 5.74) is 2.63. The largest absolute Gasteiger partial charge is 0.481 e. The molecule has 0 spiro atoms. The molecule has 154 valence electrons. The Morgan fingerprint density at radius 3 is 2.66 bits per heavy atom. The van der Waals surface area contributed by atoms with Crippen molar-refractivity contribution in [3.63, 3.8) is 0 Å². The molecule has 7 nitrogen and oxygen atoms in total. The minimum Gasteiger partial charge on any atom is -0.481 e. The fraction of sp³-hybridized carbons (Fsp3) is 0.350. The molecule has 1 aliphatic rings. The molecule has 9 heteroatoms. The highest BCUT2D eigenvalue weighted by molar-refractivity contribution is 6.45. The van der Waals surface area contributed by atoms with Crippen molar-refractivity contribution in [3.8, 4) is 11.1 Å². The summed E-state index contributed by atoms with van der Waals surface area (Å²) < 4.78 is 9.47. The fourth-order valence-electron chi connectivity index (χ4n) is 3.09. The van der Waals surface area contributed by atoms with Crippen LogP contribution in [0, 0.1) is 0 Å². The van der Waals surface area contributed by atoms with Gasteiger partial charge in [-0.2, -0.15) is 0 Å². The standard InChI is InChI=1S/C16H13Cl2N3O.C4H8O3/c17-13-4-3-11-12(10-8-19-22-9-10)7-14(20-16(11)15(13)18)21-5-1-2-6-21;1-7-3-2-4(5)6/h3-4,7-9H,1-2,5-6H2;2-3H2,1H3,(H,5,6). The lowest BCUT2D eigenvalue weighted by Gasteiger charge is -2.19. The number of methoxy groups -OCH3 is 1. The van der Waals surface area contributed by atoms with Gasteiger partial charge in [0.1, 0.15) is 12.1 Å². The average molecular weight is 438 g/mol. The summed E-state index contributed by atoms with van der Waals surface area (Å²) >= 11 is 12.5. The van der Waals surface area contributed by atoms with E-state index in [1.807, 2.05) is 6.07 Å². The van der Waals surface area contributed by atoms with Crippen LogP contribution in [0.4, 0.5) is 5.82 Å². The highest BCUT2D eigenvalue weighted by Crippen LogP contribution is 2.37. The molecule has 0 radical (unpaired) electrons. The zero-order chi connectivity index (χ0) is 20.8. The number of hydrogen-bond acceptors (Lipinski definition) is 6. The second kappa shape index (κ2) is 9.91. The maximum atomic E-state index is 9.68. The predicted octanol–water partition coefficient (Wildman–Crippen LogP) is 4.90. The van der Waals surface area contributed by atoms with E-state index in [0.717, 1.165) is 40.9 Å². The summed E-state index contributed by atoms with van der Waals surface area (Å²) in [7, 11) is 1.48. The van der Waals surface area contributed by atoms with Gasteiger partial charge in [0.2, 0.25) is 0 Å². The lowest BCUT2D eigenvalue weighted by molar-refractivity contribution is -0.137. The first-order valence-electron chi connectivity index (χ1n) is 9.15. The van der Waals surface area contributed by atoms with Crippen molar-refractivity contribution in [2.45, 2.75) is 19.3 Å². The number of carbonyl (C=O) groups is 1. The van der Waals surface area contributed by atoms with Crippen LogP contribution in [0.1, 0.15) is 19.3 Å². The molecule has 29 heavy (non-hydrogen) atoms. The van der Waals surface area contributed by atoms with Crippen LogP contribution in [0.25, 0.3) is 22.0 Å². The van der Waals surface area contributed by atoms with Crippen LogP contribution in [-0.2, 0) is 9.53 Å². The molecule has 0 atom stereocenters. The van der Waals surface area contributed by atoms with Crippen molar-refractivity contribution in [3.05, 3.63) is 40.7 Å². The molecule has 1 aliphatic heterocycles. The minimum absolute atomic E-state index is 0.0938. The van der Waals surface area contributed by atoms with Gasteiger partial charge in [0.25, 0.3) is 0 Å². The SMILES string of the molecule is COCCC(=O)O.Clc1ccc2c(-c3cnoc3)cc(N3CCCC3)nc2c1Cl. The number of carboxylic acid groups (broad SMARTS) is 1. The van der Waals surface area contributed by atoms with E-state index in [-0.39, 0.29) is 6.42 Å². The Kier molecular flexibility index (Phi) is 7.30. The van der Waals surface area contributed by atoms with Gasteiger partial charge in [0.15, 0.2) is 0 Å². The molecule has 4 rings (SSSR count). The Hall–Kier alpha value is -2.35. The third-order valence-corrected chi connectivity index (χ3v) is 5.35. The minimum atomic E-state index is -0.818. The number of pyridine rings is 1. The average Bonchev–Trinajstić information content (AvgIpc) is 3.43. The molecule has 1 N–H and O–H groups in total. The van der Waals surface area contributed by atoms with E-state index < -0.39 is 5.97 Å².